The van der Waals surface area contributed by atoms with Gasteiger partial charge in [-0.05, 0) is 96.2 Å². The first-order chi connectivity index (χ1) is 29.5. The summed E-state index contributed by atoms with van der Waals surface area (Å²) in [5.41, 5.74) is -1.06. The van der Waals surface area contributed by atoms with Gasteiger partial charge in [0.2, 0.25) is 0 Å². The van der Waals surface area contributed by atoms with Crippen LogP contribution < -0.4 is 0 Å². The van der Waals surface area contributed by atoms with E-state index >= 15 is 0 Å². The number of carbonyl (C=O) groups is 4. The summed E-state index contributed by atoms with van der Waals surface area (Å²) in [7, 11) is 4.02. The molecule has 0 aliphatic carbocycles. The summed E-state index contributed by atoms with van der Waals surface area (Å²) in [5.74, 6) is -0.348. The lowest BCUT2D eigenvalue weighted by atomic mass is 9.87. The van der Waals surface area contributed by atoms with Crippen LogP contribution in [0.1, 0.15) is 241 Å². The number of esters is 4. The lowest BCUT2D eigenvalue weighted by Gasteiger charge is -2.32. The van der Waals surface area contributed by atoms with Crippen LogP contribution in [0.2, 0.25) is 0 Å². The Morgan fingerprint density at radius 1 is 0.410 bits per heavy atom. The van der Waals surface area contributed by atoms with Gasteiger partial charge >= 0.3 is 23.9 Å². The van der Waals surface area contributed by atoms with E-state index in [2.05, 4.69) is 46.4 Å². The van der Waals surface area contributed by atoms with E-state index in [4.69, 9.17) is 18.9 Å². The van der Waals surface area contributed by atoms with Crippen LogP contribution in [0.3, 0.4) is 0 Å². The summed E-state index contributed by atoms with van der Waals surface area (Å²) in [5, 5.41) is 0. The molecular weight excluding hydrogens is 767 g/mol. The molecule has 0 heterocycles. The molecule has 0 radical (unpaired) electrons. The molecule has 0 aromatic carbocycles. The molecule has 0 unspecified atom stereocenters. The fourth-order valence-electron chi connectivity index (χ4n) is 8.22. The molecule has 61 heavy (non-hydrogen) atoms. The van der Waals surface area contributed by atoms with Crippen molar-refractivity contribution in [3.05, 3.63) is 0 Å². The minimum absolute atomic E-state index is 0.0538. The van der Waals surface area contributed by atoms with Gasteiger partial charge in [-0.3, -0.25) is 19.2 Å². The second-order valence-electron chi connectivity index (χ2n) is 18.9. The molecule has 0 bridgehead atoms. The number of ether oxygens (including phenoxy) is 4. The lowest BCUT2D eigenvalue weighted by Crippen LogP contribution is -2.41. The standard InChI is InChI=1S/C52H99NO8/c1-9-15-21-29-45(30-22-16-10-2)39-49(55)58-38-36-52(42-59-48(54)35-27-28-37-53(7)8,43-60-50(56)40-46(31-23-17-11-3)32-24-18-12-4)44-61-51(57)41-47(33-25-19-13-5)34-26-20-14-6/h45-47H,9-44H2,1-8H3. The van der Waals surface area contributed by atoms with Gasteiger partial charge in [-0.15, -0.1) is 0 Å². The Bertz CT molecular complexity index is 992. The van der Waals surface area contributed by atoms with Crippen LogP contribution in [-0.2, 0) is 38.1 Å². The van der Waals surface area contributed by atoms with E-state index in [1.54, 1.807) is 0 Å². The van der Waals surface area contributed by atoms with Crippen LogP contribution in [-0.4, -0.2) is 75.8 Å². The summed E-state index contributed by atoms with van der Waals surface area (Å²) in [6.07, 6.45) is 29.4. The Labute approximate surface area is 376 Å². The summed E-state index contributed by atoms with van der Waals surface area (Å²) < 4.78 is 24.1. The molecule has 0 rings (SSSR count). The molecule has 0 saturated heterocycles. The minimum Gasteiger partial charge on any atom is -0.466 e. The smallest absolute Gasteiger partial charge is 0.306 e. The molecule has 9 nitrogen and oxygen atoms in total. The highest BCUT2D eigenvalue weighted by Crippen LogP contribution is 2.29. The lowest BCUT2D eigenvalue weighted by molar-refractivity contribution is -0.166. The average Bonchev–Trinajstić information content (AvgIpc) is 3.23. The topological polar surface area (TPSA) is 108 Å². The van der Waals surface area contributed by atoms with Crippen molar-refractivity contribution in [3.8, 4) is 0 Å². The fraction of sp³-hybridized carbons (Fsp3) is 0.923. The number of hydrogen-bond acceptors (Lipinski definition) is 9. The molecule has 0 saturated carbocycles. The van der Waals surface area contributed by atoms with Crippen molar-refractivity contribution in [1.82, 2.24) is 4.90 Å². The van der Waals surface area contributed by atoms with Crippen LogP contribution >= 0.6 is 0 Å². The summed E-state index contributed by atoms with van der Waals surface area (Å²) >= 11 is 0. The first-order valence-corrected chi connectivity index (χ1v) is 25.7. The van der Waals surface area contributed by atoms with Gasteiger partial charge in [0.15, 0.2) is 0 Å². The van der Waals surface area contributed by atoms with E-state index < -0.39 is 5.41 Å². The Hall–Kier alpha value is -2.16. The van der Waals surface area contributed by atoms with E-state index in [1.807, 2.05) is 14.1 Å². The van der Waals surface area contributed by atoms with Gasteiger partial charge in [0, 0.05) is 25.7 Å². The van der Waals surface area contributed by atoms with E-state index in [0.717, 1.165) is 167 Å². The number of carbonyl (C=O) groups excluding carboxylic acids is 4. The highest BCUT2D eigenvalue weighted by molar-refractivity contribution is 5.71. The molecular formula is C52H99NO8. The van der Waals surface area contributed by atoms with E-state index in [1.165, 1.54) is 0 Å². The Morgan fingerprint density at radius 3 is 1.03 bits per heavy atom. The first-order valence-electron chi connectivity index (χ1n) is 25.7. The SMILES string of the molecule is CCCCCC(CCCCC)CC(=O)OCCC(COC(=O)CCCCN(C)C)(COC(=O)CC(CCCCC)CCCCC)COC(=O)CC(CCCCC)CCCCC. The predicted octanol–water partition coefficient (Wildman–Crippen LogP) is 13.8. The van der Waals surface area contributed by atoms with E-state index in [-0.39, 0.29) is 80.9 Å². The van der Waals surface area contributed by atoms with Gasteiger partial charge in [0.05, 0.1) is 12.0 Å². The fourth-order valence-corrected chi connectivity index (χ4v) is 8.22. The van der Waals surface area contributed by atoms with E-state index in [0.29, 0.717) is 25.7 Å². The monoisotopic (exact) mass is 866 g/mol. The summed E-state index contributed by atoms with van der Waals surface area (Å²) in [6, 6.07) is 0. The zero-order valence-electron chi connectivity index (χ0n) is 41.4. The Kier molecular flexibility index (Phi) is 39.2. The van der Waals surface area contributed by atoms with Gasteiger partial charge in [-0.2, -0.15) is 0 Å². The van der Waals surface area contributed by atoms with Gasteiger partial charge < -0.3 is 23.8 Å². The second-order valence-corrected chi connectivity index (χ2v) is 18.9. The first kappa shape index (κ1) is 58.8. The predicted molar refractivity (Wildman–Crippen MR) is 252 cm³/mol. The van der Waals surface area contributed by atoms with E-state index in [9.17, 15) is 19.2 Å². The van der Waals surface area contributed by atoms with Gasteiger partial charge in [-0.1, -0.05) is 157 Å². The third-order valence-corrected chi connectivity index (χ3v) is 12.4. The van der Waals surface area contributed by atoms with Crippen molar-refractivity contribution in [2.24, 2.45) is 23.2 Å². The van der Waals surface area contributed by atoms with Crippen LogP contribution in [0.4, 0.5) is 0 Å². The third-order valence-electron chi connectivity index (χ3n) is 12.4. The van der Waals surface area contributed by atoms with Crippen molar-refractivity contribution < 1.29 is 38.1 Å². The number of unbranched alkanes of at least 4 members (excludes halogenated alkanes) is 13. The normalized spacial score (nSPS) is 11.9. The summed E-state index contributed by atoms with van der Waals surface area (Å²) in [6.45, 7) is 13.8. The van der Waals surface area contributed by atoms with Crippen LogP contribution in [0, 0.1) is 23.2 Å². The zero-order chi connectivity index (χ0) is 45.4. The van der Waals surface area contributed by atoms with Gasteiger partial charge in [-0.25, -0.2) is 0 Å². The van der Waals surface area contributed by atoms with Gasteiger partial charge in [0.1, 0.15) is 19.8 Å². The van der Waals surface area contributed by atoms with Crippen LogP contribution in [0.15, 0.2) is 0 Å². The average molecular weight is 866 g/mol. The largest absolute Gasteiger partial charge is 0.466 e. The molecule has 0 spiro atoms. The maximum atomic E-state index is 13.7. The zero-order valence-corrected chi connectivity index (χ0v) is 41.4. The minimum atomic E-state index is -1.06. The molecule has 0 aromatic heterocycles. The number of rotatable bonds is 44. The molecule has 0 atom stereocenters. The third kappa shape index (κ3) is 34.9. The maximum absolute atomic E-state index is 13.7. The molecule has 360 valence electrons. The number of nitrogens with zero attached hydrogens (tertiary/aromatic N) is 1. The molecule has 0 N–H and O–H groups in total. The van der Waals surface area contributed by atoms with Crippen LogP contribution in [0.5, 0.6) is 0 Å². The Morgan fingerprint density at radius 2 is 0.721 bits per heavy atom. The molecule has 0 aliphatic rings. The Balaban J connectivity index is 6.38. The molecule has 0 aromatic rings. The van der Waals surface area contributed by atoms with Crippen LogP contribution in [0.25, 0.3) is 0 Å². The molecule has 0 fully saturated rings. The van der Waals surface area contributed by atoms with Crippen molar-refractivity contribution in [2.75, 3.05) is 47.1 Å². The van der Waals surface area contributed by atoms with Crippen molar-refractivity contribution >= 4 is 23.9 Å². The molecule has 9 heteroatoms. The van der Waals surface area contributed by atoms with Gasteiger partial charge in [0.25, 0.3) is 0 Å². The van der Waals surface area contributed by atoms with Crippen molar-refractivity contribution in [1.29, 1.82) is 0 Å². The second kappa shape index (κ2) is 40.6. The molecule has 0 aliphatic heterocycles. The molecule has 0 amide bonds. The maximum Gasteiger partial charge on any atom is 0.306 e. The highest BCUT2D eigenvalue weighted by Gasteiger charge is 2.37. The number of hydrogen-bond donors (Lipinski definition) is 0. The van der Waals surface area contributed by atoms with Crippen molar-refractivity contribution in [2.45, 2.75) is 241 Å². The summed E-state index contributed by atoms with van der Waals surface area (Å²) in [4.78, 5) is 56.0. The van der Waals surface area contributed by atoms with Crippen molar-refractivity contribution in [3.63, 3.8) is 0 Å². The quantitative estimate of drug-likeness (QED) is 0.0336. The highest BCUT2D eigenvalue weighted by atomic mass is 16.6.